The van der Waals surface area contributed by atoms with E-state index in [9.17, 15) is 9.59 Å². The summed E-state index contributed by atoms with van der Waals surface area (Å²) in [7, 11) is 0. The summed E-state index contributed by atoms with van der Waals surface area (Å²) < 4.78 is 0. The molecule has 2 aromatic rings. The maximum Gasteiger partial charge on any atom is 0.243 e. The molecule has 0 aliphatic carbocycles. The molecule has 0 aliphatic heterocycles. The van der Waals surface area contributed by atoms with Crippen molar-refractivity contribution >= 4 is 52.0 Å². The van der Waals surface area contributed by atoms with Crippen LogP contribution in [0, 0.1) is 0 Å². The molecule has 1 aromatic carbocycles. The van der Waals surface area contributed by atoms with E-state index in [4.69, 9.17) is 23.2 Å². The minimum Gasteiger partial charge on any atom is -0.347 e. The zero-order valence-corrected chi connectivity index (χ0v) is 13.2. The Labute approximate surface area is 136 Å². The van der Waals surface area contributed by atoms with Crippen LogP contribution in [0.4, 0.5) is 5.69 Å². The fraction of sp³-hybridized carbons (Fsp3) is 0.143. The number of para-hydroxylation sites is 1. The van der Waals surface area contributed by atoms with E-state index >= 15 is 0 Å². The first-order valence-electron chi connectivity index (χ1n) is 6.09. The predicted octanol–water partition coefficient (Wildman–Crippen LogP) is 3.35. The standard InChI is InChI=1S/C14H12Cl2N2O2S/c15-10-4-1-5-11(16)14(10)18-13(20)8-17-12(19)7-9-3-2-6-21-9/h1-6H,7-8H2,(H,17,19)(H,18,20). The molecule has 21 heavy (non-hydrogen) atoms. The Morgan fingerprint density at radius 2 is 1.76 bits per heavy atom. The molecule has 1 heterocycles. The van der Waals surface area contributed by atoms with Crippen LogP contribution in [0.1, 0.15) is 4.88 Å². The van der Waals surface area contributed by atoms with Crippen molar-refractivity contribution in [2.45, 2.75) is 6.42 Å². The van der Waals surface area contributed by atoms with E-state index in [0.717, 1.165) is 4.88 Å². The van der Waals surface area contributed by atoms with E-state index in [1.54, 1.807) is 18.2 Å². The van der Waals surface area contributed by atoms with Crippen molar-refractivity contribution < 1.29 is 9.59 Å². The molecule has 0 bridgehead atoms. The van der Waals surface area contributed by atoms with Crippen molar-refractivity contribution in [1.82, 2.24) is 5.32 Å². The van der Waals surface area contributed by atoms with Crippen LogP contribution in [-0.4, -0.2) is 18.4 Å². The molecule has 2 N–H and O–H groups in total. The third kappa shape index (κ3) is 4.74. The van der Waals surface area contributed by atoms with Crippen LogP contribution in [0.3, 0.4) is 0 Å². The van der Waals surface area contributed by atoms with Crippen molar-refractivity contribution in [2.75, 3.05) is 11.9 Å². The van der Waals surface area contributed by atoms with Crippen LogP contribution in [0.2, 0.25) is 10.0 Å². The van der Waals surface area contributed by atoms with Crippen molar-refractivity contribution in [2.24, 2.45) is 0 Å². The topological polar surface area (TPSA) is 58.2 Å². The lowest BCUT2D eigenvalue weighted by atomic mass is 10.3. The molecule has 2 rings (SSSR count). The van der Waals surface area contributed by atoms with E-state index in [-0.39, 0.29) is 24.8 Å². The lowest BCUT2D eigenvalue weighted by molar-refractivity contribution is -0.123. The second-order valence-electron chi connectivity index (χ2n) is 4.18. The van der Waals surface area contributed by atoms with Gasteiger partial charge in [-0.1, -0.05) is 35.3 Å². The molecule has 0 radical (unpaired) electrons. The van der Waals surface area contributed by atoms with Crippen LogP contribution >= 0.6 is 34.5 Å². The zero-order valence-electron chi connectivity index (χ0n) is 10.9. The SMILES string of the molecule is O=C(Cc1cccs1)NCC(=O)Nc1c(Cl)cccc1Cl. The van der Waals surface area contributed by atoms with Gasteiger partial charge in [-0.3, -0.25) is 9.59 Å². The van der Waals surface area contributed by atoms with Crippen molar-refractivity contribution in [3.63, 3.8) is 0 Å². The zero-order chi connectivity index (χ0) is 15.2. The van der Waals surface area contributed by atoms with Gasteiger partial charge in [0.15, 0.2) is 0 Å². The van der Waals surface area contributed by atoms with E-state index in [2.05, 4.69) is 10.6 Å². The second-order valence-corrected chi connectivity index (χ2v) is 6.02. The number of carbonyl (C=O) groups excluding carboxylic acids is 2. The molecule has 7 heteroatoms. The summed E-state index contributed by atoms with van der Waals surface area (Å²) in [5.41, 5.74) is 0.346. The normalized spacial score (nSPS) is 10.2. The van der Waals surface area contributed by atoms with Gasteiger partial charge in [-0.2, -0.15) is 0 Å². The first kappa shape index (κ1) is 15.8. The molecule has 1 aromatic heterocycles. The second kappa shape index (κ2) is 7.45. The molecular formula is C14H12Cl2N2O2S. The molecular weight excluding hydrogens is 331 g/mol. The highest BCUT2D eigenvalue weighted by molar-refractivity contribution is 7.10. The molecule has 0 aliphatic rings. The largest absolute Gasteiger partial charge is 0.347 e. The van der Waals surface area contributed by atoms with Gasteiger partial charge in [0.05, 0.1) is 28.7 Å². The maximum atomic E-state index is 11.8. The summed E-state index contributed by atoms with van der Waals surface area (Å²) in [5, 5.41) is 7.72. The summed E-state index contributed by atoms with van der Waals surface area (Å²) in [6.45, 7) is -0.133. The highest BCUT2D eigenvalue weighted by Gasteiger charge is 2.11. The van der Waals surface area contributed by atoms with Crippen LogP contribution in [-0.2, 0) is 16.0 Å². The van der Waals surface area contributed by atoms with E-state index in [1.807, 2.05) is 17.5 Å². The quantitative estimate of drug-likeness (QED) is 0.875. The summed E-state index contributed by atoms with van der Waals surface area (Å²) in [4.78, 5) is 24.4. The lowest BCUT2D eigenvalue weighted by Crippen LogP contribution is -2.33. The number of carbonyl (C=O) groups is 2. The summed E-state index contributed by atoms with van der Waals surface area (Å²) in [5.74, 6) is -0.595. The summed E-state index contributed by atoms with van der Waals surface area (Å²) in [6, 6.07) is 8.67. The van der Waals surface area contributed by atoms with Gasteiger partial charge in [0.2, 0.25) is 11.8 Å². The Hall–Kier alpha value is -1.56. The van der Waals surface area contributed by atoms with Gasteiger partial charge in [0.1, 0.15) is 0 Å². The molecule has 0 saturated carbocycles. The van der Waals surface area contributed by atoms with Crippen molar-refractivity contribution in [1.29, 1.82) is 0 Å². The van der Waals surface area contributed by atoms with E-state index in [0.29, 0.717) is 15.7 Å². The number of hydrogen-bond donors (Lipinski definition) is 2. The van der Waals surface area contributed by atoms with Crippen LogP contribution in [0.25, 0.3) is 0 Å². The molecule has 2 amide bonds. The Morgan fingerprint density at radius 3 is 2.38 bits per heavy atom. The maximum absolute atomic E-state index is 11.8. The van der Waals surface area contributed by atoms with Gasteiger partial charge >= 0.3 is 0 Å². The first-order valence-corrected chi connectivity index (χ1v) is 7.73. The van der Waals surface area contributed by atoms with E-state index < -0.39 is 0 Å². The lowest BCUT2D eigenvalue weighted by Gasteiger charge is -2.09. The average Bonchev–Trinajstić information content (AvgIpc) is 2.94. The first-order chi connectivity index (χ1) is 10.1. The Bertz CT molecular complexity index is 624. The number of anilines is 1. The molecule has 0 fully saturated rings. The molecule has 0 unspecified atom stereocenters. The summed E-state index contributed by atoms with van der Waals surface area (Å²) in [6.07, 6.45) is 0.262. The van der Waals surface area contributed by atoms with Gasteiger partial charge in [-0.15, -0.1) is 11.3 Å². The number of benzene rings is 1. The Kier molecular flexibility index (Phi) is 5.61. The number of amides is 2. The van der Waals surface area contributed by atoms with Gasteiger partial charge < -0.3 is 10.6 Å². The van der Waals surface area contributed by atoms with Gasteiger partial charge in [0, 0.05) is 4.88 Å². The molecule has 0 atom stereocenters. The average molecular weight is 343 g/mol. The molecule has 110 valence electrons. The number of halogens is 2. The van der Waals surface area contributed by atoms with Gasteiger partial charge in [-0.05, 0) is 23.6 Å². The molecule has 0 spiro atoms. The van der Waals surface area contributed by atoms with Crippen LogP contribution < -0.4 is 10.6 Å². The predicted molar refractivity (Wildman–Crippen MR) is 86.1 cm³/mol. The number of nitrogens with one attached hydrogen (secondary N) is 2. The van der Waals surface area contributed by atoms with Gasteiger partial charge in [0.25, 0.3) is 0 Å². The Balaban J connectivity index is 1.83. The fourth-order valence-corrected chi connectivity index (χ4v) is 2.81. The van der Waals surface area contributed by atoms with Crippen molar-refractivity contribution in [3.05, 3.63) is 50.6 Å². The highest BCUT2D eigenvalue weighted by Crippen LogP contribution is 2.29. The third-order valence-corrected chi connectivity index (χ3v) is 4.09. The van der Waals surface area contributed by atoms with Crippen molar-refractivity contribution in [3.8, 4) is 0 Å². The highest BCUT2D eigenvalue weighted by atomic mass is 35.5. The third-order valence-electron chi connectivity index (χ3n) is 2.59. The van der Waals surface area contributed by atoms with E-state index in [1.165, 1.54) is 11.3 Å². The number of hydrogen-bond acceptors (Lipinski definition) is 3. The monoisotopic (exact) mass is 342 g/mol. The Morgan fingerprint density at radius 1 is 1.05 bits per heavy atom. The van der Waals surface area contributed by atoms with Gasteiger partial charge in [-0.25, -0.2) is 0 Å². The smallest absolute Gasteiger partial charge is 0.243 e. The number of rotatable bonds is 5. The summed E-state index contributed by atoms with van der Waals surface area (Å²) >= 11 is 13.4. The number of thiophene rings is 1. The fourth-order valence-electron chi connectivity index (χ4n) is 1.61. The molecule has 4 nitrogen and oxygen atoms in total. The minimum absolute atomic E-state index is 0.133. The minimum atomic E-state index is -0.385. The van der Waals surface area contributed by atoms with Crippen LogP contribution in [0.5, 0.6) is 0 Å². The molecule has 0 saturated heterocycles. The van der Waals surface area contributed by atoms with Crippen LogP contribution in [0.15, 0.2) is 35.7 Å².